The minimum Gasteiger partial charge on any atom is -0.494 e. The topological polar surface area (TPSA) is 61.2 Å². The second-order valence-electron chi connectivity index (χ2n) is 6.42. The maximum absolute atomic E-state index is 11.8. The summed E-state index contributed by atoms with van der Waals surface area (Å²) in [6, 6.07) is 5.25. The summed E-state index contributed by atoms with van der Waals surface area (Å²) in [5, 5.41) is 0.415. The van der Waals surface area contributed by atoms with Crippen molar-refractivity contribution >= 4 is 21.6 Å². The van der Waals surface area contributed by atoms with E-state index >= 15 is 0 Å². The average molecular weight is 399 g/mol. The van der Waals surface area contributed by atoms with Crippen LogP contribution >= 0.6 is 11.6 Å². The lowest BCUT2D eigenvalue weighted by Crippen LogP contribution is -2.10. The number of aromatic nitrogens is 2. The first-order valence-electron chi connectivity index (χ1n) is 9.10. The lowest BCUT2D eigenvalue weighted by Gasteiger charge is -2.10. The molecule has 0 fully saturated rings. The third kappa shape index (κ3) is 6.02. The van der Waals surface area contributed by atoms with Crippen LogP contribution in [0.25, 0.3) is 11.4 Å². The summed E-state index contributed by atoms with van der Waals surface area (Å²) in [5.74, 6) is 0.985. The third-order valence-electron chi connectivity index (χ3n) is 4.16. The van der Waals surface area contributed by atoms with Gasteiger partial charge >= 0.3 is 0 Å². The van der Waals surface area contributed by atoms with Crippen LogP contribution in [0.1, 0.15) is 51.9 Å². The minimum atomic E-state index is -3.43. The van der Waals surface area contributed by atoms with Gasteiger partial charge in [0.05, 0.1) is 17.9 Å². The molecule has 0 amide bonds. The Hall–Kier alpha value is -1.53. The molecule has 0 atom stereocenters. The smallest absolute Gasteiger partial charge is 0.237 e. The van der Waals surface area contributed by atoms with E-state index in [2.05, 4.69) is 11.9 Å². The summed E-state index contributed by atoms with van der Waals surface area (Å²) in [4.78, 5) is 4.12. The second-order valence-corrected chi connectivity index (χ2v) is 8.69. The van der Waals surface area contributed by atoms with Crippen LogP contribution in [0.2, 0.25) is 5.02 Å². The minimum absolute atomic E-state index is 0.302. The van der Waals surface area contributed by atoms with Gasteiger partial charge in [-0.25, -0.2) is 17.4 Å². The predicted molar refractivity (Wildman–Crippen MR) is 106 cm³/mol. The maximum atomic E-state index is 11.8. The molecule has 0 bridgehead atoms. The number of rotatable bonds is 11. The van der Waals surface area contributed by atoms with Crippen molar-refractivity contribution in [2.75, 3.05) is 12.9 Å². The molecule has 0 aliphatic rings. The van der Waals surface area contributed by atoms with Gasteiger partial charge in [0.1, 0.15) is 5.75 Å². The molecular formula is C19H27ClN2O3S. The number of halogens is 1. The third-order valence-corrected chi connectivity index (χ3v) is 5.48. The summed E-state index contributed by atoms with van der Waals surface area (Å²) in [6.07, 6.45) is 12.6. The van der Waals surface area contributed by atoms with Gasteiger partial charge in [-0.3, -0.25) is 0 Å². The van der Waals surface area contributed by atoms with E-state index in [1.807, 2.05) is 0 Å². The quantitative estimate of drug-likeness (QED) is 0.491. The number of hydrogen-bond acceptors (Lipinski definition) is 4. The van der Waals surface area contributed by atoms with Crippen LogP contribution in [0, 0.1) is 0 Å². The van der Waals surface area contributed by atoms with Crippen molar-refractivity contribution in [3.8, 4) is 17.1 Å². The zero-order valence-electron chi connectivity index (χ0n) is 15.4. The van der Waals surface area contributed by atoms with Crippen molar-refractivity contribution in [1.29, 1.82) is 0 Å². The Morgan fingerprint density at radius 1 is 1.12 bits per heavy atom. The van der Waals surface area contributed by atoms with E-state index in [4.69, 9.17) is 16.3 Å². The number of ether oxygens (including phenoxy) is 1. The van der Waals surface area contributed by atoms with Crippen LogP contribution in [0.3, 0.4) is 0 Å². The van der Waals surface area contributed by atoms with E-state index < -0.39 is 10.0 Å². The molecule has 0 radical (unpaired) electrons. The Bertz CT molecular complexity index is 803. The van der Waals surface area contributed by atoms with E-state index in [-0.39, 0.29) is 0 Å². The van der Waals surface area contributed by atoms with Crippen molar-refractivity contribution in [3.63, 3.8) is 0 Å². The van der Waals surface area contributed by atoms with Crippen molar-refractivity contribution in [2.24, 2.45) is 0 Å². The molecule has 7 heteroatoms. The molecule has 0 spiro atoms. The first-order chi connectivity index (χ1) is 12.4. The highest BCUT2D eigenvalue weighted by Gasteiger charge is 2.16. The molecule has 2 rings (SSSR count). The highest BCUT2D eigenvalue weighted by Crippen LogP contribution is 2.31. The molecule has 5 nitrogen and oxygen atoms in total. The Kier molecular flexibility index (Phi) is 7.97. The lowest BCUT2D eigenvalue weighted by atomic mass is 10.1. The Labute approximate surface area is 161 Å². The first-order valence-corrected chi connectivity index (χ1v) is 11.3. The van der Waals surface area contributed by atoms with Crippen LogP contribution in [-0.4, -0.2) is 30.2 Å². The highest BCUT2D eigenvalue weighted by molar-refractivity contribution is 7.89. The number of benzene rings is 1. The number of unbranched alkanes of at least 4 members (excludes halogenated alkanes) is 6. The molecule has 0 unspecified atom stereocenters. The van der Waals surface area contributed by atoms with Crippen LogP contribution in [0.4, 0.5) is 0 Å². The zero-order chi connectivity index (χ0) is 19.0. The van der Waals surface area contributed by atoms with E-state index in [0.29, 0.717) is 28.8 Å². The normalized spacial score (nSPS) is 11.7. The van der Waals surface area contributed by atoms with Crippen LogP contribution in [0.5, 0.6) is 5.75 Å². The van der Waals surface area contributed by atoms with E-state index in [0.717, 1.165) is 16.6 Å². The number of hydrogen-bond donors (Lipinski definition) is 0. The summed E-state index contributed by atoms with van der Waals surface area (Å²) in [7, 11) is -3.43. The Morgan fingerprint density at radius 2 is 1.81 bits per heavy atom. The van der Waals surface area contributed by atoms with Gasteiger partial charge in [0, 0.05) is 18.0 Å². The first kappa shape index (κ1) is 20.8. The lowest BCUT2D eigenvalue weighted by molar-refractivity contribution is 0.304. The number of imidazole rings is 1. The van der Waals surface area contributed by atoms with E-state index in [1.54, 1.807) is 18.2 Å². The summed E-state index contributed by atoms with van der Waals surface area (Å²) < 4.78 is 30.5. The van der Waals surface area contributed by atoms with Gasteiger partial charge in [-0.15, -0.1) is 0 Å². The molecule has 0 saturated carbocycles. The van der Waals surface area contributed by atoms with E-state index in [1.165, 1.54) is 50.9 Å². The molecular weight excluding hydrogens is 372 g/mol. The van der Waals surface area contributed by atoms with Gasteiger partial charge < -0.3 is 4.74 Å². The highest BCUT2D eigenvalue weighted by atomic mass is 35.5. The van der Waals surface area contributed by atoms with Crippen LogP contribution < -0.4 is 4.74 Å². The molecule has 0 saturated heterocycles. The largest absolute Gasteiger partial charge is 0.494 e. The van der Waals surface area contributed by atoms with Crippen LogP contribution in [-0.2, 0) is 10.0 Å². The summed E-state index contributed by atoms with van der Waals surface area (Å²) in [6.45, 7) is 2.88. The monoisotopic (exact) mass is 398 g/mol. The molecule has 0 N–H and O–H groups in total. The van der Waals surface area contributed by atoms with Gasteiger partial charge in [-0.2, -0.15) is 0 Å². The number of nitrogens with zero attached hydrogens (tertiary/aromatic N) is 2. The molecule has 144 valence electrons. The molecule has 26 heavy (non-hydrogen) atoms. The fourth-order valence-electron chi connectivity index (χ4n) is 2.76. The van der Waals surface area contributed by atoms with Crippen molar-refractivity contribution in [1.82, 2.24) is 8.96 Å². The average Bonchev–Trinajstić information content (AvgIpc) is 3.07. The summed E-state index contributed by atoms with van der Waals surface area (Å²) >= 11 is 6.33. The molecule has 1 heterocycles. The maximum Gasteiger partial charge on any atom is 0.237 e. The van der Waals surface area contributed by atoms with Crippen LogP contribution in [0.15, 0.2) is 30.6 Å². The van der Waals surface area contributed by atoms with Crippen molar-refractivity contribution in [3.05, 3.63) is 35.6 Å². The molecule has 2 aromatic rings. The standard InChI is InChI=1S/C19H27ClN2O3S/c1-3-4-5-6-7-8-9-14-25-16-10-11-17(18(20)15-16)19-21-12-13-22(19)26(2,23)24/h10-13,15H,3-9,14H2,1-2H3. The molecule has 0 aliphatic heterocycles. The second kappa shape index (κ2) is 9.97. The van der Waals surface area contributed by atoms with E-state index in [9.17, 15) is 8.42 Å². The van der Waals surface area contributed by atoms with Gasteiger partial charge in [0.25, 0.3) is 0 Å². The van der Waals surface area contributed by atoms with Gasteiger partial charge in [-0.1, -0.05) is 57.0 Å². The molecule has 0 aliphatic carbocycles. The Balaban J connectivity index is 1.89. The fraction of sp³-hybridized carbons (Fsp3) is 0.526. The van der Waals surface area contributed by atoms with Gasteiger partial charge in [-0.05, 0) is 24.6 Å². The predicted octanol–water partition coefficient (Wildman–Crippen LogP) is 5.14. The fourth-order valence-corrected chi connectivity index (χ4v) is 3.75. The Morgan fingerprint density at radius 3 is 2.46 bits per heavy atom. The molecule has 1 aromatic carbocycles. The SMILES string of the molecule is CCCCCCCCCOc1ccc(-c2nccn2S(C)(=O)=O)c(Cl)c1. The summed E-state index contributed by atoms with van der Waals surface area (Å²) in [5.41, 5.74) is 0.561. The zero-order valence-corrected chi connectivity index (χ0v) is 17.0. The van der Waals surface area contributed by atoms with Gasteiger partial charge in [0.2, 0.25) is 10.0 Å². The van der Waals surface area contributed by atoms with Crippen molar-refractivity contribution in [2.45, 2.75) is 51.9 Å². The van der Waals surface area contributed by atoms with Crippen molar-refractivity contribution < 1.29 is 13.2 Å². The van der Waals surface area contributed by atoms with Gasteiger partial charge in [0.15, 0.2) is 5.82 Å². The molecule has 1 aromatic heterocycles.